The van der Waals surface area contributed by atoms with Gasteiger partial charge < -0.3 is 19.5 Å². The third-order valence-electron chi connectivity index (χ3n) is 5.02. The molecule has 0 aliphatic carbocycles. The summed E-state index contributed by atoms with van der Waals surface area (Å²) in [5.74, 6) is 1.23. The Morgan fingerprint density at radius 3 is 2.34 bits per heavy atom. The molecule has 1 N–H and O–H groups in total. The number of hydrogen-bond acceptors (Lipinski definition) is 4. The van der Waals surface area contributed by atoms with Gasteiger partial charge in [0.1, 0.15) is 18.0 Å². The lowest BCUT2D eigenvalue weighted by atomic mass is 10.0. The van der Waals surface area contributed by atoms with Crippen LogP contribution >= 0.6 is 0 Å². The Morgan fingerprint density at radius 2 is 1.72 bits per heavy atom. The van der Waals surface area contributed by atoms with E-state index >= 15 is 0 Å². The predicted molar refractivity (Wildman–Crippen MR) is 111 cm³/mol. The molecule has 0 unspecified atom stereocenters. The van der Waals surface area contributed by atoms with E-state index < -0.39 is 0 Å². The van der Waals surface area contributed by atoms with Crippen molar-refractivity contribution in [2.24, 2.45) is 0 Å². The molecule has 1 aliphatic heterocycles. The number of fused-ring (bicyclic) bond motifs is 1. The van der Waals surface area contributed by atoms with Crippen LogP contribution in [0.3, 0.4) is 0 Å². The van der Waals surface area contributed by atoms with Crippen LogP contribution in [0.5, 0.6) is 17.2 Å². The van der Waals surface area contributed by atoms with Gasteiger partial charge in [-0.05, 0) is 49.6 Å². The number of Topliss-reactive ketones (excluding diaryl/α,β-unsaturated/α-hetero) is 1. The molecule has 2 aromatic carbocycles. The first-order valence-corrected chi connectivity index (χ1v) is 10.4. The summed E-state index contributed by atoms with van der Waals surface area (Å²) in [6.07, 6.45) is 3.80. The Balaban J connectivity index is 1.87. The number of rotatable bonds is 9. The van der Waals surface area contributed by atoms with Crippen molar-refractivity contribution in [1.29, 1.82) is 0 Å². The Bertz CT molecular complexity index is 880. The highest BCUT2D eigenvalue weighted by Crippen LogP contribution is 2.38. The zero-order chi connectivity index (χ0) is 20.8. The average molecular weight is 395 g/mol. The molecule has 5 heteroatoms. The molecule has 0 aromatic heterocycles. The van der Waals surface area contributed by atoms with Gasteiger partial charge in [0.25, 0.3) is 0 Å². The van der Waals surface area contributed by atoms with E-state index in [1.165, 1.54) is 11.0 Å². The minimum atomic E-state index is -0.178. The summed E-state index contributed by atoms with van der Waals surface area (Å²) < 4.78 is 11.4. The Morgan fingerprint density at radius 1 is 1.03 bits per heavy atom. The predicted octanol–water partition coefficient (Wildman–Crippen LogP) is 2.98. The molecule has 3 rings (SSSR count). The molecule has 2 aromatic rings. The van der Waals surface area contributed by atoms with E-state index in [0.717, 1.165) is 37.2 Å². The second-order valence-electron chi connectivity index (χ2n) is 7.29. The molecule has 1 heterocycles. The summed E-state index contributed by atoms with van der Waals surface area (Å²) in [6.45, 7) is 9.37. The van der Waals surface area contributed by atoms with Gasteiger partial charge in [0.05, 0.1) is 25.3 Å². The molecule has 0 radical (unpaired) electrons. The summed E-state index contributed by atoms with van der Waals surface area (Å²) in [7, 11) is 0. The first-order valence-electron chi connectivity index (χ1n) is 10.4. The largest absolute Gasteiger partial charge is 0.872 e. The number of hydrogen-bond donors (Lipinski definition) is 1. The normalized spacial score (nSPS) is 14.3. The molecule has 0 saturated heterocycles. The fourth-order valence-electron chi connectivity index (χ4n) is 3.69. The van der Waals surface area contributed by atoms with Crippen LogP contribution in [0.4, 0.5) is 0 Å². The third kappa shape index (κ3) is 4.80. The van der Waals surface area contributed by atoms with E-state index in [4.69, 9.17) is 9.47 Å². The van der Waals surface area contributed by atoms with E-state index in [1.807, 2.05) is 31.2 Å². The second-order valence-corrected chi connectivity index (χ2v) is 7.29. The van der Waals surface area contributed by atoms with Crippen LogP contribution in [0.2, 0.25) is 0 Å². The van der Waals surface area contributed by atoms with E-state index in [1.54, 1.807) is 12.1 Å². The van der Waals surface area contributed by atoms with Gasteiger partial charge in [0.15, 0.2) is 5.76 Å². The maximum Gasteiger partial charge on any atom is 0.231 e. The zero-order valence-corrected chi connectivity index (χ0v) is 17.4. The van der Waals surface area contributed by atoms with Gasteiger partial charge in [0.2, 0.25) is 5.78 Å². The van der Waals surface area contributed by atoms with Crippen molar-refractivity contribution in [3.8, 4) is 17.2 Å². The molecule has 1 aliphatic rings. The van der Waals surface area contributed by atoms with Gasteiger partial charge in [-0.25, -0.2) is 0 Å². The Labute approximate surface area is 172 Å². The molecule has 5 nitrogen and oxygen atoms in total. The van der Waals surface area contributed by atoms with Crippen molar-refractivity contribution >= 4 is 11.9 Å². The first-order chi connectivity index (χ1) is 14.1. The number of carbonyl (C=O) groups is 1. The quantitative estimate of drug-likeness (QED) is 0.663. The van der Waals surface area contributed by atoms with E-state index in [2.05, 4.69) is 13.8 Å². The highest BCUT2D eigenvalue weighted by atomic mass is 16.5. The molecule has 0 saturated carbocycles. The number of allylic oxidation sites excluding steroid dienone is 1. The lowest BCUT2D eigenvalue weighted by Crippen LogP contribution is -3.10. The Kier molecular flexibility index (Phi) is 6.94. The summed E-state index contributed by atoms with van der Waals surface area (Å²) in [5, 5.41) is 12.6. The molecule has 0 fully saturated rings. The first kappa shape index (κ1) is 20.9. The summed E-state index contributed by atoms with van der Waals surface area (Å²) in [6, 6.07) is 10.6. The van der Waals surface area contributed by atoms with Gasteiger partial charge in [0, 0.05) is 5.56 Å². The van der Waals surface area contributed by atoms with Crippen LogP contribution in [0, 0.1) is 0 Å². The van der Waals surface area contributed by atoms with Crippen LogP contribution < -0.4 is 19.5 Å². The molecular formula is C24H29NO4. The number of ether oxygens (including phenoxy) is 2. The van der Waals surface area contributed by atoms with Crippen LogP contribution in [0.1, 0.15) is 55.1 Å². The highest BCUT2D eigenvalue weighted by Gasteiger charge is 2.30. The van der Waals surface area contributed by atoms with E-state index in [9.17, 15) is 9.90 Å². The second kappa shape index (κ2) is 9.61. The number of quaternary nitrogens is 1. The zero-order valence-electron chi connectivity index (χ0n) is 17.4. The van der Waals surface area contributed by atoms with Crippen molar-refractivity contribution in [3.63, 3.8) is 0 Å². The molecule has 154 valence electrons. The Hall–Kier alpha value is -2.79. The smallest absolute Gasteiger partial charge is 0.231 e. The maximum atomic E-state index is 12.8. The van der Waals surface area contributed by atoms with Gasteiger partial charge >= 0.3 is 0 Å². The van der Waals surface area contributed by atoms with Crippen molar-refractivity contribution in [2.75, 3.05) is 19.7 Å². The third-order valence-corrected chi connectivity index (χ3v) is 5.02. The van der Waals surface area contributed by atoms with Crippen molar-refractivity contribution in [1.82, 2.24) is 0 Å². The van der Waals surface area contributed by atoms with Crippen molar-refractivity contribution in [3.05, 3.63) is 58.8 Å². The monoisotopic (exact) mass is 395 g/mol. The number of benzene rings is 2. The molecular weight excluding hydrogens is 366 g/mol. The van der Waals surface area contributed by atoms with Gasteiger partial charge in [-0.2, -0.15) is 0 Å². The van der Waals surface area contributed by atoms with Crippen LogP contribution in [0.25, 0.3) is 6.08 Å². The molecule has 29 heavy (non-hydrogen) atoms. The average Bonchev–Trinajstić information content (AvgIpc) is 3.02. The highest BCUT2D eigenvalue weighted by molar-refractivity contribution is 6.14. The van der Waals surface area contributed by atoms with Crippen molar-refractivity contribution < 1.29 is 24.3 Å². The number of carbonyl (C=O) groups excluding carboxylic acids is 1. The molecule has 0 spiro atoms. The summed E-state index contributed by atoms with van der Waals surface area (Å²) in [5.41, 5.74) is 1.92. The topological polar surface area (TPSA) is 63.0 Å². The van der Waals surface area contributed by atoms with Crippen LogP contribution in [-0.4, -0.2) is 25.5 Å². The lowest BCUT2D eigenvalue weighted by molar-refractivity contribution is -0.914. The molecule has 0 atom stereocenters. The maximum absolute atomic E-state index is 12.8. The van der Waals surface area contributed by atoms with Gasteiger partial charge in [-0.15, -0.1) is 0 Å². The SMILES string of the molecule is CCC[NH+](CCC)Cc1c([O-])ccc2c1O/C(=C\c1ccc(OCC)cc1)C2=O. The van der Waals surface area contributed by atoms with E-state index in [-0.39, 0.29) is 17.3 Å². The van der Waals surface area contributed by atoms with Crippen molar-refractivity contribution in [2.45, 2.75) is 40.2 Å². The minimum Gasteiger partial charge on any atom is -0.872 e. The van der Waals surface area contributed by atoms with Crippen LogP contribution in [-0.2, 0) is 6.54 Å². The number of nitrogens with one attached hydrogen (secondary N) is 1. The fraction of sp³-hybridized carbons (Fsp3) is 0.375. The molecule has 0 amide bonds. The standard InChI is InChI=1S/C24H29NO4/c1-4-13-25(14-5-2)16-20-21(26)12-11-19-23(27)22(29-24(19)20)15-17-7-9-18(10-8-17)28-6-3/h7-12,15,26H,4-6,13-14,16H2,1-3H3/b22-15-. The lowest BCUT2D eigenvalue weighted by Gasteiger charge is -2.23. The van der Waals surface area contributed by atoms with Gasteiger partial charge in [-0.1, -0.05) is 37.8 Å². The summed E-state index contributed by atoms with van der Waals surface area (Å²) in [4.78, 5) is 14.2. The summed E-state index contributed by atoms with van der Waals surface area (Å²) >= 11 is 0. The minimum absolute atomic E-state index is 0.0661. The van der Waals surface area contributed by atoms with E-state index in [0.29, 0.717) is 30.0 Å². The van der Waals surface area contributed by atoms with Crippen LogP contribution in [0.15, 0.2) is 42.2 Å². The molecule has 0 bridgehead atoms. The van der Waals surface area contributed by atoms with Gasteiger partial charge in [-0.3, -0.25) is 4.79 Å². The fourth-order valence-corrected chi connectivity index (χ4v) is 3.69. The number of ketones is 1.